The maximum atomic E-state index is 12.7. The Morgan fingerprint density at radius 2 is 1.88 bits per heavy atom. The fraction of sp³-hybridized carbons (Fsp3) is 0.400. The summed E-state index contributed by atoms with van der Waals surface area (Å²) in [6.07, 6.45) is 5.36. The third kappa shape index (κ3) is 3.78. The molecule has 1 aromatic carbocycles. The highest BCUT2D eigenvalue weighted by atomic mass is 35.5. The minimum Gasteiger partial charge on any atom is -0.481 e. The molecular formula is C20H22ClNO4. The summed E-state index contributed by atoms with van der Waals surface area (Å²) in [5.41, 5.74) is 2.04. The zero-order chi connectivity index (χ0) is 18.7. The van der Waals surface area contributed by atoms with Crippen LogP contribution < -0.4 is 5.32 Å². The van der Waals surface area contributed by atoms with Crippen LogP contribution in [-0.4, -0.2) is 23.5 Å². The Labute approximate surface area is 157 Å². The monoisotopic (exact) mass is 375 g/mol. The minimum atomic E-state index is -1.03. The minimum absolute atomic E-state index is 0.106. The highest BCUT2D eigenvalue weighted by Crippen LogP contribution is 2.41. The molecule has 2 N–H and O–H groups in total. The summed E-state index contributed by atoms with van der Waals surface area (Å²) in [6, 6.07) is 7.81. The molecule has 0 atom stereocenters. The van der Waals surface area contributed by atoms with Crippen molar-refractivity contribution in [2.24, 2.45) is 0 Å². The van der Waals surface area contributed by atoms with Crippen LogP contribution in [0.4, 0.5) is 0 Å². The molecule has 1 saturated carbocycles. The Balaban J connectivity index is 1.78. The first-order valence-electron chi connectivity index (χ1n) is 8.74. The predicted octanol–water partition coefficient (Wildman–Crippen LogP) is 4.11. The fourth-order valence-electron chi connectivity index (χ4n) is 3.83. The van der Waals surface area contributed by atoms with E-state index in [-0.39, 0.29) is 23.5 Å². The number of carboxylic acids is 1. The van der Waals surface area contributed by atoms with Crippen LogP contribution in [0.3, 0.4) is 0 Å². The molecule has 1 aromatic heterocycles. The van der Waals surface area contributed by atoms with E-state index in [2.05, 4.69) is 5.32 Å². The Morgan fingerprint density at radius 1 is 1.23 bits per heavy atom. The van der Waals surface area contributed by atoms with Crippen molar-refractivity contribution in [3.8, 4) is 0 Å². The first-order valence-corrected chi connectivity index (χ1v) is 9.12. The Bertz CT molecular complexity index is 804. The molecule has 138 valence electrons. The van der Waals surface area contributed by atoms with Crippen molar-refractivity contribution in [3.05, 3.63) is 58.0 Å². The first kappa shape index (κ1) is 18.5. The smallest absolute Gasteiger partial charge is 0.311 e. The van der Waals surface area contributed by atoms with Gasteiger partial charge in [0.15, 0.2) is 0 Å². The van der Waals surface area contributed by atoms with Gasteiger partial charge in [-0.05, 0) is 37.5 Å². The highest BCUT2D eigenvalue weighted by Gasteiger charge is 2.36. The summed E-state index contributed by atoms with van der Waals surface area (Å²) in [6.45, 7) is 2.25. The van der Waals surface area contributed by atoms with Crippen molar-refractivity contribution in [1.29, 1.82) is 0 Å². The maximum Gasteiger partial charge on any atom is 0.311 e. The van der Waals surface area contributed by atoms with Crippen molar-refractivity contribution < 1.29 is 19.1 Å². The quantitative estimate of drug-likeness (QED) is 0.796. The number of hydrogen-bond acceptors (Lipinski definition) is 3. The van der Waals surface area contributed by atoms with Crippen LogP contribution in [-0.2, 0) is 16.6 Å². The standard InChI is InChI=1S/C20H22ClNO4/c1-13-11-26-16(10-17(23)24)18(13)19(25)22-12-20(8-2-3-9-20)14-4-6-15(21)7-5-14/h4-7,11H,2-3,8-10,12H2,1H3,(H,22,25)(H,23,24). The van der Waals surface area contributed by atoms with Gasteiger partial charge >= 0.3 is 5.97 Å². The summed E-state index contributed by atoms with van der Waals surface area (Å²) in [4.78, 5) is 23.7. The van der Waals surface area contributed by atoms with E-state index in [4.69, 9.17) is 21.1 Å². The van der Waals surface area contributed by atoms with Crippen LogP contribution >= 0.6 is 11.6 Å². The molecule has 0 spiro atoms. The largest absolute Gasteiger partial charge is 0.481 e. The summed E-state index contributed by atoms with van der Waals surface area (Å²) in [5, 5.41) is 12.7. The van der Waals surface area contributed by atoms with Gasteiger partial charge in [-0.3, -0.25) is 9.59 Å². The summed E-state index contributed by atoms with van der Waals surface area (Å²) >= 11 is 6.01. The summed E-state index contributed by atoms with van der Waals surface area (Å²) in [7, 11) is 0. The molecule has 26 heavy (non-hydrogen) atoms. The second kappa shape index (κ2) is 7.54. The molecule has 6 heteroatoms. The molecule has 0 radical (unpaired) electrons. The molecule has 1 amide bonds. The van der Waals surface area contributed by atoms with E-state index in [1.54, 1.807) is 6.92 Å². The first-order chi connectivity index (χ1) is 12.4. The second-order valence-electron chi connectivity index (χ2n) is 6.96. The average Bonchev–Trinajstić information content (AvgIpc) is 3.21. The number of halogens is 1. The van der Waals surface area contributed by atoms with Crippen molar-refractivity contribution in [2.75, 3.05) is 6.54 Å². The number of amides is 1. The van der Waals surface area contributed by atoms with Crippen LogP contribution in [0.2, 0.25) is 5.02 Å². The van der Waals surface area contributed by atoms with Crippen LogP contribution in [0.15, 0.2) is 34.9 Å². The van der Waals surface area contributed by atoms with E-state index in [1.165, 1.54) is 11.8 Å². The molecule has 1 aliphatic rings. The predicted molar refractivity (Wildman–Crippen MR) is 98.7 cm³/mol. The van der Waals surface area contributed by atoms with Crippen LogP contribution in [0.25, 0.3) is 0 Å². The summed E-state index contributed by atoms with van der Waals surface area (Å²) in [5.74, 6) is -1.12. The Kier molecular flexibility index (Phi) is 5.37. The van der Waals surface area contributed by atoms with E-state index in [0.29, 0.717) is 22.7 Å². The zero-order valence-corrected chi connectivity index (χ0v) is 15.4. The molecule has 1 fully saturated rings. The lowest BCUT2D eigenvalue weighted by Crippen LogP contribution is -2.39. The van der Waals surface area contributed by atoms with Crippen molar-refractivity contribution in [1.82, 2.24) is 5.32 Å². The normalized spacial score (nSPS) is 15.8. The highest BCUT2D eigenvalue weighted by molar-refractivity contribution is 6.30. The van der Waals surface area contributed by atoms with Gasteiger partial charge in [0.25, 0.3) is 5.91 Å². The van der Waals surface area contributed by atoms with Crippen molar-refractivity contribution >= 4 is 23.5 Å². The number of hydrogen-bond donors (Lipinski definition) is 2. The molecule has 0 unspecified atom stereocenters. The van der Waals surface area contributed by atoms with Gasteiger partial charge in [0.05, 0.1) is 11.8 Å². The number of carbonyl (C=O) groups is 2. The molecule has 2 aromatic rings. The number of carboxylic acid groups (broad SMARTS) is 1. The number of aryl methyl sites for hydroxylation is 1. The molecule has 0 aliphatic heterocycles. The number of benzene rings is 1. The van der Waals surface area contributed by atoms with Crippen molar-refractivity contribution in [2.45, 2.75) is 44.4 Å². The molecular weight excluding hydrogens is 354 g/mol. The van der Waals surface area contributed by atoms with Crippen LogP contribution in [0, 0.1) is 6.92 Å². The molecule has 5 nitrogen and oxygen atoms in total. The molecule has 1 heterocycles. The Morgan fingerprint density at radius 3 is 2.50 bits per heavy atom. The lowest BCUT2D eigenvalue weighted by atomic mass is 9.78. The van der Waals surface area contributed by atoms with Gasteiger partial charge in [-0.2, -0.15) is 0 Å². The van der Waals surface area contributed by atoms with E-state index in [0.717, 1.165) is 25.7 Å². The van der Waals surface area contributed by atoms with Gasteiger partial charge in [-0.1, -0.05) is 36.6 Å². The molecule has 1 aliphatic carbocycles. The SMILES string of the molecule is Cc1coc(CC(=O)O)c1C(=O)NCC1(c2ccc(Cl)cc2)CCCC1. The fourth-order valence-corrected chi connectivity index (χ4v) is 3.96. The van der Waals surface area contributed by atoms with Crippen LogP contribution in [0.5, 0.6) is 0 Å². The number of aliphatic carboxylic acids is 1. The van der Waals surface area contributed by atoms with E-state index < -0.39 is 5.97 Å². The van der Waals surface area contributed by atoms with E-state index in [9.17, 15) is 9.59 Å². The Hall–Kier alpha value is -2.27. The van der Waals surface area contributed by atoms with Crippen molar-refractivity contribution in [3.63, 3.8) is 0 Å². The second-order valence-corrected chi connectivity index (χ2v) is 7.40. The number of rotatable bonds is 6. The number of carbonyl (C=O) groups excluding carboxylic acids is 1. The topological polar surface area (TPSA) is 79.5 Å². The van der Waals surface area contributed by atoms with Gasteiger partial charge in [-0.15, -0.1) is 0 Å². The van der Waals surface area contributed by atoms with Gasteiger partial charge in [0, 0.05) is 22.5 Å². The summed E-state index contributed by atoms with van der Waals surface area (Å²) < 4.78 is 5.27. The van der Waals surface area contributed by atoms with Gasteiger partial charge < -0.3 is 14.8 Å². The van der Waals surface area contributed by atoms with E-state index in [1.807, 2.05) is 24.3 Å². The van der Waals surface area contributed by atoms with E-state index >= 15 is 0 Å². The lowest BCUT2D eigenvalue weighted by molar-refractivity contribution is -0.136. The maximum absolute atomic E-state index is 12.7. The van der Waals surface area contributed by atoms with Crippen LogP contribution in [0.1, 0.15) is 52.9 Å². The zero-order valence-electron chi connectivity index (χ0n) is 14.7. The molecule has 3 rings (SSSR count). The number of furan rings is 1. The third-order valence-corrected chi connectivity index (χ3v) is 5.45. The average molecular weight is 376 g/mol. The van der Waals surface area contributed by atoms with Gasteiger partial charge in [0.1, 0.15) is 12.2 Å². The lowest BCUT2D eigenvalue weighted by Gasteiger charge is -2.30. The molecule has 0 saturated heterocycles. The number of nitrogens with one attached hydrogen (secondary N) is 1. The van der Waals surface area contributed by atoms with Gasteiger partial charge in [0.2, 0.25) is 0 Å². The third-order valence-electron chi connectivity index (χ3n) is 5.19. The molecule has 0 bridgehead atoms. The van der Waals surface area contributed by atoms with Gasteiger partial charge in [-0.25, -0.2) is 0 Å².